The summed E-state index contributed by atoms with van der Waals surface area (Å²) in [5.74, 6) is 0. The van der Waals surface area contributed by atoms with Crippen molar-refractivity contribution in [3.8, 4) is 22.3 Å². The standard InChI is InChI=1S/C69H57N3/c1-42-29-33-46(34-30-42)70-47-17-13-19-49(39-47)71(59-27-15-23-53-51-21-9-11-25-57(51)68(5,6)65(53)59)61-41-62(56-36-32-44-38-45(67(2,3)4)37-43-31-35-55(61)64(56)63(43)44)72(50-20-14-18-48(70)40-50)60-28-16-24-54-52-22-10-12-26-58(52)69(7,8)66(54)60/h9-41H,1-8H3. The van der Waals surface area contributed by atoms with Crippen LogP contribution in [0.5, 0.6) is 0 Å². The fourth-order valence-electron chi connectivity index (χ4n) is 13.2. The van der Waals surface area contributed by atoms with Gasteiger partial charge in [-0.2, -0.15) is 0 Å². The molecule has 0 atom stereocenters. The Morgan fingerprint density at radius 1 is 0.347 bits per heavy atom. The fraction of sp³-hybridized carbons (Fsp3) is 0.159. The number of nitrogens with zero attached hydrogens (tertiary/aromatic N) is 3. The molecule has 14 rings (SSSR count). The molecule has 72 heavy (non-hydrogen) atoms. The summed E-state index contributed by atoms with van der Waals surface area (Å²) in [6.07, 6.45) is 0. The van der Waals surface area contributed by atoms with Gasteiger partial charge in [0.05, 0.1) is 22.7 Å². The van der Waals surface area contributed by atoms with E-state index in [-0.39, 0.29) is 16.2 Å². The lowest BCUT2D eigenvalue weighted by molar-refractivity contribution is 0.591. The molecule has 2 aliphatic carbocycles. The van der Waals surface area contributed by atoms with Gasteiger partial charge in [0.25, 0.3) is 0 Å². The fourth-order valence-corrected chi connectivity index (χ4v) is 13.2. The first-order chi connectivity index (χ1) is 34.8. The summed E-state index contributed by atoms with van der Waals surface area (Å²) in [6, 6.07) is 76.6. The van der Waals surface area contributed by atoms with Gasteiger partial charge < -0.3 is 14.7 Å². The lowest BCUT2D eigenvalue weighted by atomic mass is 9.80. The normalized spacial score (nSPS) is 15.1. The maximum atomic E-state index is 2.61. The number of hydrogen-bond donors (Lipinski definition) is 0. The lowest BCUT2D eigenvalue weighted by Gasteiger charge is -2.37. The predicted octanol–water partition coefficient (Wildman–Crippen LogP) is 19.5. The van der Waals surface area contributed by atoms with Gasteiger partial charge in [0.1, 0.15) is 0 Å². The maximum absolute atomic E-state index is 2.61. The Morgan fingerprint density at radius 2 is 0.778 bits per heavy atom. The summed E-state index contributed by atoms with van der Waals surface area (Å²) in [7, 11) is 0. The molecular formula is C69H57N3. The SMILES string of the molecule is Cc1ccc(N2c3cccc(c3)N(c3cccc4c3C(C)(C)c3ccccc3-4)c3cc(c4ccc5cc(C(C)(C)C)cc6ccc3c4c65)N(c3cccc4c3C(C)(C)c3ccccc3-4)c3cccc2c3)cc1. The van der Waals surface area contributed by atoms with Gasteiger partial charge in [-0.25, -0.2) is 0 Å². The highest BCUT2D eigenvalue weighted by Crippen LogP contribution is 2.59. The minimum Gasteiger partial charge on any atom is -0.310 e. The third-order valence-corrected chi connectivity index (χ3v) is 16.6. The third-order valence-electron chi connectivity index (χ3n) is 16.6. The molecule has 0 fully saturated rings. The molecule has 0 unspecified atom stereocenters. The van der Waals surface area contributed by atoms with Crippen molar-refractivity contribution >= 4 is 83.5 Å². The minimum atomic E-state index is -0.275. The lowest BCUT2D eigenvalue weighted by Crippen LogP contribution is -2.23. The maximum Gasteiger partial charge on any atom is 0.0561 e. The number of benzene rings is 11. The van der Waals surface area contributed by atoms with E-state index in [9.17, 15) is 0 Å². The van der Waals surface area contributed by atoms with Crippen LogP contribution in [0, 0.1) is 6.92 Å². The van der Waals surface area contributed by atoms with Crippen LogP contribution in [-0.2, 0) is 16.2 Å². The van der Waals surface area contributed by atoms with Crippen molar-refractivity contribution in [1.82, 2.24) is 0 Å². The van der Waals surface area contributed by atoms with Crippen molar-refractivity contribution in [3.63, 3.8) is 0 Å². The van der Waals surface area contributed by atoms with Crippen LogP contribution >= 0.6 is 0 Å². The van der Waals surface area contributed by atoms with Gasteiger partial charge in [0.2, 0.25) is 0 Å². The Bertz CT molecular complexity index is 3830. The van der Waals surface area contributed by atoms with Gasteiger partial charge in [-0.05, 0) is 145 Å². The van der Waals surface area contributed by atoms with E-state index < -0.39 is 0 Å². The third kappa shape index (κ3) is 5.97. The number of rotatable bonds is 3. The van der Waals surface area contributed by atoms with E-state index >= 15 is 0 Å². The second-order valence-electron chi connectivity index (χ2n) is 22.7. The second kappa shape index (κ2) is 14.9. The van der Waals surface area contributed by atoms with Crippen molar-refractivity contribution in [3.05, 3.63) is 234 Å². The molecule has 0 amide bonds. The van der Waals surface area contributed by atoms with Gasteiger partial charge in [-0.1, -0.05) is 187 Å². The second-order valence-corrected chi connectivity index (χ2v) is 22.7. The van der Waals surface area contributed by atoms with Crippen molar-refractivity contribution < 1.29 is 0 Å². The first-order valence-electron chi connectivity index (χ1n) is 25.7. The Labute approximate surface area is 423 Å². The molecule has 0 N–H and O–H groups in total. The smallest absolute Gasteiger partial charge is 0.0561 e. The minimum absolute atomic E-state index is 0.0131. The van der Waals surface area contributed by atoms with Gasteiger partial charge >= 0.3 is 0 Å². The number of hydrogen-bond acceptors (Lipinski definition) is 3. The molecule has 0 spiro atoms. The summed E-state index contributed by atoms with van der Waals surface area (Å²) in [4.78, 5) is 7.67. The van der Waals surface area contributed by atoms with E-state index in [0.29, 0.717) is 0 Å². The molecule has 0 radical (unpaired) electrons. The largest absolute Gasteiger partial charge is 0.310 e. The number of fused-ring (bicyclic) bond motifs is 14. The molecule has 348 valence electrons. The zero-order chi connectivity index (χ0) is 49.0. The molecule has 0 saturated carbocycles. The van der Waals surface area contributed by atoms with Gasteiger partial charge in [-0.3, -0.25) is 0 Å². The highest BCUT2D eigenvalue weighted by molar-refractivity contribution is 6.29. The molecule has 11 aromatic carbocycles. The highest BCUT2D eigenvalue weighted by Gasteiger charge is 2.41. The zero-order valence-electron chi connectivity index (χ0n) is 42.4. The summed E-state index contributed by atoms with van der Waals surface area (Å²) in [6.45, 7) is 18.8. The van der Waals surface area contributed by atoms with E-state index in [1.54, 1.807) is 0 Å². The topological polar surface area (TPSA) is 9.72 Å². The summed E-state index contributed by atoms with van der Waals surface area (Å²) >= 11 is 0. The highest BCUT2D eigenvalue weighted by atomic mass is 15.2. The predicted molar refractivity (Wildman–Crippen MR) is 306 cm³/mol. The van der Waals surface area contributed by atoms with E-state index in [2.05, 4.69) is 270 Å². The summed E-state index contributed by atoms with van der Waals surface area (Å²) in [5.41, 5.74) is 22.7. The molecular weight excluding hydrogens is 871 g/mol. The monoisotopic (exact) mass is 927 g/mol. The zero-order valence-corrected chi connectivity index (χ0v) is 42.4. The molecule has 0 saturated heterocycles. The number of anilines is 9. The average Bonchev–Trinajstić information content (AvgIpc) is 3.77. The van der Waals surface area contributed by atoms with E-state index in [1.807, 2.05) is 0 Å². The Hall–Kier alpha value is -8.14. The van der Waals surface area contributed by atoms with E-state index in [1.165, 1.54) is 99.3 Å². The van der Waals surface area contributed by atoms with Crippen molar-refractivity contribution in [2.75, 3.05) is 14.7 Å². The van der Waals surface area contributed by atoms with E-state index in [4.69, 9.17) is 0 Å². The molecule has 6 bridgehead atoms. The van der Waals surface area contributed by atoms with Crippen LogP contribution in [0.3, 0.4) is 0 Å². The molecule has 3 aliphatic rings. The average molecular weight is 928 g/mol. The summed E-state index contributed by atoms with van der Waals surface area (Å²) in [5, 5.41) is 7.56. The van der Waals surface area contributed by atoms with Crippen molar-refractivity contribution in [2.24, 2.45) is 0 Å². The Morgan fingerprint density at radius 3 is 1.25 bits per heavy atom. The molecule has 3 nitrogen and oxygen atoms in total. The quantitative estimate of drug-likeness (QED) is 0.164. The van der Waals surface area contributed by atoms with Gasteiger partial charge in [0.15, 0.2) is 0 Å². The van der Waals surface area contributed by atoms with E-state index in [0.717, 1.165) is 39.8 Å². The van der Waals surface area contributed by atoms with Gasteiger partial charge in [0, 0.05) is 55.4 Å². The van der Waals surface area contributed by atoms with Crippen LogP contribution in [0.2, 0.25) is 0 Å². The van der Waals surface area contributed by atoms with Crippen LogP contribution in [0.15, 0.2) is 200 Å². The number of aryl methyl sites for hydroxylation is 1. The van der Waals surface area contributed by atoms with Crippen LogP contribution in [0.4, 0.5) is 51.2 Å². The molecule has 1 heterocycles. The van der Waals surface area contributed by atoms with Crippen molar-refractivity contribution in [1.29, 1.82) is 0 Å². The molecule has 11 aromatic rings. The van der Waals surface area contributed by atoms with Crippen LogP contribution in [-0.4, -0.2) is 0 Å². The van der Waals surface area contributed by atoms with Crippen molar-refractivity contribution in [2.45, 2.75) is 71.6 Å². The summed E-state index contributed by atoms with van der Waals surface area (Å²) < 4.78 is 0. The van der Waals surface area contributed by atoms with Crippen LogP contribution < -0.4 is 14.7 Å². The Kier molecular flexibility index (Phi) is 8.87. The molecule has 3 heteroatoms. The van der Waals surface area contributed by atoms with Crippen LogP contribution in [0.25, 0.3) is 54.6 Å². The Balaban J connectivity index is 1.17. The molecule has 0 aromatic heterocycles. The van der Waals surface area contributed by atoms with Gasteiger partial charge in [-0.15, -0.1) is 0 Å². The first-order valence-corrected chi connectivity index (χ1v) is 25.7. The molecule has 1 aliphatic heterocycles. The first kappa shape index (κ1) is 42.7. The van der Waals surface area contributed by atoms with Crippen LogP contribution in [0.1, 0.15) is 81.8 Å².